The van der Waals surface area contributed by atoms with Crippen molar-refractivity contribution in [3.63, 3.8) is 0 Å². The number of halogens is 1. The van der Waals surface area contributed by atoms with Crippen LogP contribution in [0.4, 0.5) is 9.18 Å². The molecule has 3 atom stereocenters. The van der Waals surface area contributed by atoms with E-state index >= 15 is 0 Å². The number of amides is 2. The second-order valence-electron chi connectivity index (χ2n) is 5.51. The summed E-state index contributed by atoms with van der Waals surface area (Å²) in [6, 6.07) is -1.45. The second kappa shape index (κ2) is 5.12. The van der Waals surface area contributed by atoms with E-state index in [1.165, 1.54) is 11.9 Å². The number of nitrogens with one attached hydrogen (secondary N) is 1. The molecule has 0 bridgehead atoms. The molecule has 0 unspecified atom stereocenters. The Balaban J connectivity index is 2.88. The SMILES string of the molecule is CNC(=O)[C@@H]1C[C@@H](F)[C@H](C)N1C(=O)OC(C)(C)C. The normalized spacial score (nSPS) is 28.1. The largest absolute Gasteiger partial charge is 0.444 e. The minimum atomic E-state index is -1.21. The van der Waals surface area contributed by atoms with Crippen molar-refractivity contribution in [2.75, 3.05) is 7.05 Å². The molecule has 1 fully saturated rings. The van der Waals surface area contributed by atoms with E-state index in [0.717, 1.165) is 0 Å². The summed E-state index contributed by atoms with van der Waals surface area (Å²) in [5.41, 5.74) is -0.668. The van der Waals surface area contributed by atoms with Crippen LogP contribution in [0.5, 0.6) is 0 Å². The lowest BCUT2D eigenvalue weighted by Gasteiger charge is -2.30. The van der Waals surface area contributed by atoms with Crippen molar-refractivity contribution < 1.29 is 18.7 Å². The lowest BCUT2D eigenvalue weighted by molar-refractivity contribution is -0.125. The third-order valence-corrected chi connectivity index (χ3v) is 2.90. The summed E-state index contributed by atoms with van der Waals surface area (Å²) < 4.78 is 18.9. The second-order valence-corrected chi connectivity index (χ2v) is 5.51. The Morgan fingerprint density at radius 1 is 1.39 bits per heavy atom. The number of ether oxygens (including phenoxy) is 1. The zero-order valence-corrected chi connectivity index (χ0v) is 11.5. The predicted octanol–water partition coefficient (Wildman–Crippen LogP) is 1.47. The highest BCUT2D eigenvalue weighted by atomic mass is 19.1. The lowest BCUT2D eigenvalue weighted by Crippen LogP contribution is -2.49. The molecule has 1 aliphatic rings. The molecule has 1 heterocycles. The Bertz CT molecular complexity index is 341. The van der Waals surface area contributed by atoms with Crippen molar-refractivity contribution in [2.45, 2.75) is 58.0 Å². The first-order valence-corrected chi connectivity index (χ1v) is 6.04. The van der Waals surface area contributed by atoms with Crippen LogP contribution in [0, 0.1) is 0 Å². The summed E-state index contributed by atoms with van der Waals surface area (Å²) in [5, 5.41) is 2.44. The van der Waals surface area contributed by atoms with Gasteiger partial charge in [-0.25, -0.2) is 9.18 Å². The molecular weight excluding hydrogens is 239 g/mol. The molecule has 0 radical (unpaired) electrons. The number of rotatable bonds is 1. The maximum absolute atomic E-state index is 13.7. The average molecular weight is 260 g/mol. The fraction of sp³-hybridized carbons (Fsp3) is 0.833. The quantitative estimate of drug-likeness (QED) is 0.776. The van der Waals surface area contributed by atoms with Crippen LogP contribution in [0.25, 0.3) is 0 Å². The standard InChI is InChI=1S/C12H21FN2O3/c1-7-8(13)6-9(10(16)14-5)15(7)11(17)18-12(2,3)4/h7-9H,6H2,1-5H3,(H,14,16)/t7-,8+,9-/m0/s1. The van der Waals surface area contributed by atoms with Crippen molar-refractivity contribution in [1.29, 1.82) is 0 Å². The highest BCUT2D eigenvalue weighted by Gasteiger charge is 2.46. The van der Waals surface area contributed by atoms with Crippen molar-refractivity contribution >= 4 is 12.0 Å². The minimum absolute atomic E-state index is 0.0140. The van der Waals surface area contributed by atoms with E-state index in [9.17, 15) is 14.0 Å². The number of nitrogens with zero attached hydrogens (tertiary/aromatic N) is 1. The van der Waals surface area contributed by atoms with Gasteiger partial charge >= 0.3 is 6.09 Å². The van der Waals surface area contributed by atoms with Gasteiger partial charge in [-0.3, -0.25) is 9.69 Å². The van der Waals surface area contributed by atoms with E-state index in [1.54, 1.807) is 27.7 Å². The Morgan fingerprint density at radius 3 is 2.39 bits per heavy atom. The summed E-state index contributed by atoms with van der Waals surface area (Å²) in [5.74, 6) is -0.368. The zero-order chi connectivity index (χ0) is 14.1. The van der Waals surface area contributed by atoms with Crippen molar-refractivity contribution in [1.82, 2.24) is 10.2 Å². The van der Waals surface area contributed by atoms with E-state index in [0.29, 0.717) is 0 Å². The minimum Gasteiger partial charge on any atom is -0.444 e. The van der Waals surface area contributed by atoms with E-state index in [2.05, 4.69) is 5.32 Å². The van der Waals surface area contributed by atoms with Gasteiger partial charge in [-0.15, -0.1) is 0 Å². The van der Waals surface area contributed by atoms with E-state index in [-0.39, 0.29) is 12.3 Å². The molecule has 0 aromatic heterocycles. The molecule has 1 saturated heterocycles. The third kappa shape index (κ3) is 3.11. The van der Waals surface area contributed by atoms with Gasteiger partial charge in [0.2, 0.25) is 5.91 Å². The van der Waals surface area contributed by atoms with E-state index < -0.39 is 29.9 Å². The molecule has 1 rings (SSSR count). The van der Waals surface area contributed by atoms with Crippen molar-refractivity contribution in [3.8, 4) is 0 Å². The molecule has 1 N–H and O–H groups in total. The molecule has 0 spiro atoms. The molecule has 104 valence electrons. The number of hydrogen-bond acceptors (Lipinski definition) is 3. The molecule has 0 aliphatic carbocycles. The fourth-order valence-corrected chi connectivity index (χ4v) is 1.99. The average Bonchev–Trinajstić information content (AvgIpc) is 2.52. The van der Waals surface area contributed by atoms with Gasteiger partial charge in [0.1, 0.15) is 17.8 Å². The maximum Gasteiger partial charge on any atom is 0.411 e. The molecule has 1 aliphatic heterocycles. The van der Waals surface area contributed by atoms with Crippen LogP contribution < -0.4 is 5.32 Å². The molecule has 0 aromatic carbocycles. The topological polar surface area (TPSA) is 58.6 Å². The number of alkyl halides is 1. The first-order chi connectivity index (χ1) is 8.17. The Kier molecular flexibility index (Phi) is 4.19. The van der Waals surface area contributed by atoms with Gasteiger partial charge in [-0.2, -0.15) is 0 Å². The van der Waals surface area contributed by atoms with Crippen LogP contribution in [0.3, 0.4) is 0 Å². The smallest absolute Gasteiger partial charge is 0.411 e. The Morgan fingerprint density at radius 2 is 1.94 bits per heavy atom. The molecule has 6 heteroatoms. The van der Waals surface area contributed by atoms with Crippen molar-refractivity contribution in [3.05, 3.63) is 0 Å². The maximum atomic E-state index is 13.7. The van der Waals surface area contributed by atoms with Crippen LogP contribution in [0.15, 0.2) is 0 Å². The van der Waals surface area contributed by atoms with Gasteiger partial charge in [0.05, 0.1) is 6.04 Å². The van der Waals surface area contributed by atoms with Gasteiger partial charge in [0.25, 0.3) is 0 Å². The van der Waals surface area contributed by atoms with E-state index in [4.69, 9.17) is 4.74 Å². The highest BCUT2D eigenvalue weighted by molar-refractivity contribution is 5.86. The summed E-state index contributed by atoms with van der Waals surface area (Å²) in [6.07, 6.45) is -1.84. The summed E-state index contributed by atoms with van der Waals surface area (Å²) >= 11 is 0. The van der Waals surface area contributed by atoms with E-state index in [1.807, 2.05) is 0 Å². The van der Waals surface area contributed by atoms with Crippen LogP contribution in [-0.2, 0) is 9.53 Å². The van der Waals surface area contributed by atoms with Crippen molar-refractivity contribution in [2.24, 2.45) is 0 Å². The monoisotopic (exact) mass is 260 g/mol. The van der Waals surface area contributed by atoms with Crippen LogP contribution in [0.1, 0.15) is 34.1 Å². The molecule has 18 heavy (non-hydrogen) atoms. The van der Waals surface area contributed by atoms with Crippen LogP contribution >= 0.6 is 0 Å². The molecule has 5 nitrogen and oxygen atoms in total. The summed E-state index contributed by atoms with van der Waals surface area (Å²) in [6.45, 7) is 6.77. The molecule has 0 aromatic rings. The molecule has 2 amide bonds. The molecular formula is C12H21FN2O3. The summed E-state index contributed by atoms with van der Waals surface area (Å²) in [7, 11) is 1.46. The van der Waals surface area contributed by atoms with Gasteiger partial charge < -0.3 is 10.1 Å². The third-order valence-electron chi connectivity index (χ3n) is 2.90. The van der Waals surface area contributed by atoms with Gasteiger partial charge in [0, 0.05) is 13.5 Å². The first-order valence-electron chi connectivity index (χ1n) is 6.04. The van der Waals surface area contributed by atoms with Crippen LogP contribution in [0.2, 0.25) is 0 Å². The lowest BCUT2D eigenvalue weighted by atomic mass is 10.2. The fourth-order valence-electron chi connectivity index (χ4n) is 1.99. The number of carbonyl (C=O) groups excluding carboxylic acids is 2. The summed E-state index contributed by atoms with van der Waals surface area (Å²) in [4.78, 5) is 24.9. The van der Waals surface area contributed by atoms with Gasteiger partial charge in [-0.05, 0) is 27.7 Å². The zero-order valence-electron chi connectivity index (χ0n) is 11.5. The van der Waals surface area contributed by atoms with Gasteiger partial charge in [0.15, 0.2) is 0 Å². The first kappa shape index (κ1) is 14.7. The Hall–Kier alpha value is -1.33. The number of hydrogen-bond donors (Lipinski definition) is 1. The number of carbonyl (C=O) groups is 2. The number of likely N-dealkylation sites (tertiary alicyclic amines) is 1. The number of likely N-dealkylation sites (N-methyl/N-ethyl adjacent to an activating group) is 1. The van der Waals surface area contributed by atoms with Gasteiger partial charge in [-0.1, -0.05) is 0 Å². The highest BCUT2D eigenvalue weighted by Crippen LogP contribution is 2.28. The molecule has 0 saturated carbocycles. The predicted molar refractivity (Wildman–Crippen MR) is 64.9 cm³/mol. The van der Waals surface area contributed by atoms with Crippen LogP contribution in [-0.4, -0.2) is 47.8 Å². The Labute approximate surface area is 107 Å².